The number of aliphatic carboxylic acids is 1. The highest BCUT2D eigenvalue weighted by Gasteiger charge is 2.37. The molecule has 5 nitrogen and oxygen atoms in total. The van der Waals surface area contributed by atoms with Gasteiger partial charge in [0.15, 0.2) is 11.5 Å². The first-order valence-electron chi connectivity index (χ1n) is 5.03. The summed E-state index contributed by atoms with van der Waals surface area (Å²) >= 11 is 0. The fourth-order valence-electron chi connectivity index (χ4n) is 1.52. The van der Waals surface area contributed by atoms with Crippen LogP contribution in [0.4, 0.5) is 13.2 Å². The van der Waals surface area contributed by atoms with Crippen LogP contribution in [-0.2, 0) is 11.0 Å². The minimum absolute atomic E-state index is 0.225. The van der Waals surface area contributed by atoms with Gasteiger partial charge >= 0.3 is 12.1 Å². The Bertz CT molecular complexity index is 488. The van der Waals surface area contributed by atoms with E-state index in [2.05, 4.69) is 4.74 Å². The summed E-state index contributed by atoms with van der Waals surface area (Å²) in [5.74, 6) is -2.19. The molecular formula is C11H12F3NO4. The molecule has 0 heterocycles. The lowest BCUT2D eigenvalue weighted by Gasteiger charge is -2.18. The van der Waals surface area contributed by atoms with Gasteiger partial charge in [0.1, 0.15) is 11.6 Å². The van der Waals surface area contributed by atoms with E-state index < -0.39 is 29.5 Å². The summed E-state index contributed by atoms with van der Waals surface area (Å²) in [7, 11) is 2.21. The highest BCUT2D eigenvalue weighted by atomic mass is 19.4. The Labute approximate surface area is 106 Å². The van der Waals surface area contributed by atoms with E-state index in [1.54, 1.807) is 0 Å². The van der Waals surface area contributed by atoms with E-state index in [1.807, 2.05) is 0 Å². The predicted molar refractivity (Wildman–Crippen MR) is 59.1 cm³/mol. The summed E-state index contributed by atoms with van der Waals surface area (Å²) < 4.78 is 48.0. The lowest BCUT2D eigenvalue weighted by molar-refractivity contribution is -0.140. The molecule has 0 aromatic heterocycles. The zero-order valence-electron chi connectivity index (χ0n) is 10.1. The molecule has 1 atom stereocenters. The van der Waals surface area contributed by atoms with Crippen LogP contribution in [0, 0.1) is 0 Å². The summed E-state index contributed by atoms with van der Waals surface area (Å²) in [6.07, 6.45) is -4.72. The second kappa shape index (κ2) is 5.35. The third-order valence-electron chi connectivity index (χ3n) is 2.43. The van der Waals surface area contributed by atoms with Gasteiger partial charge in [-0.1, -0.05) is 0 Å². The molecule has 0 saturated heterocycles. The van der Waals surface area contributed by atoms with Gasteiger partial charge in [0.25, 0.3) is 0 Å². The predicted octanol–water partition coefficient (Wildman–Crippen LogP) is 1.81. The molecule has 0 aliphatic heterocycles. The van der Waals surface area contributed by atoms with Crippen LogP contribution in [0.2, 0.25) is 0 Å². The van der Waals surface area contributed by atoms with E-state index in [9.17, 15) is 18.0 Å². The Morgan fingerprint density at radius 1 is 1.32 bits per heavy atom. The highest BCUT2D eigenvalue weighted by molar-refractivity contribution is 5.76. The number of carboxylic acids is 1. The lowest BCUT2D eigenvalue weighted by atomic mass is 10.0. The number of nitrogens with two attached hydrogens (primary N) is 1. The first kappa shape index (κ1) is 15.1. The topological polar surface area (TPSA) is 81.8 Å². The Morgan fingerprint density at radius 2 is 1.89 bits per heavy atom. The fourth-order valence-corrected chi connectivity index (χ4v) is 1.52. The van der Waals surface area contributed by atoms with Crippen molar-refractivity contribution in [3.05, 3.63) is 23.3 Å². The van der Waals surface area contributed by atoms with Crippen LogP contribution in [0.15, 0.2) is 12.1 Å². The number of alkyl halides is 3. The normalized spacial score (nSPS) is 12.9. The van der Waals surface area contributed by atoms with Crippen molar-refractivity contribution in [2.24, 2.45) is 5.73 Å². The average Bonchev–Trinajstić information content (AvgIpc) is 2.34. The Balaban J connectivity index is 3.51. The zero-order chi connectivity index (χ0) is 14.8. The molecule has 1 rings (SSSR count). The highest BCUT2D eigenvalue weighted by Crippen LogP contribution is 2.43. The number of benzene rings is 1. The molecule has 0 fully saturated rings. The summed E-state index contributed by atoms with van der Waals surface area (Å²) in [6, 6.07) is 0.161. The van der Waals surface area contributed by atoms with E-state index in [-0.39, 0.29) is 11.3 Å². The van der Waals surface area contributed by atoms with Gasteiger partial charge in [-0.25, -0.2) is 0 Å². The van der Waals surface area contributed by atoms with Gasteiger partial charge in [0.2, 0.25) is 0 Å². The quantitative estimate of drug-likeness (QED) is 0.878. The average molecular weight is 279 g/mol. The largest absolute Gasteiger partial charge is 0.493 e. The van der Waals surface area contributed by atoms with Crippen LogP contribution in [0.3, 0.4) is 0 Å². The van der Waals surface area contributed by atoms with Gasteiger partial charge in [-0.15, -0.1) is 0 Å². The summed E-state index contributed by atoms with van der Waals surface area (Å²) in [6.45, 7) is 0. The minimum atomic E-state index is -4.72. The molecule has 1 aromatic carbocycles. The number of rotatable bonds is 4. The van der Waals surface area contributed by atoms with Crippen LogP contribution >= 0.6 is 0 Å². The second-order valence-electron chi connectivity index (χ2n) is 3.62. The Kier molecular flexibility index (Phi) is 4.25. The van der Waals surface area contributed by atoms with Crippen molar-refractivity contribution >= 4 is 5.97 Å². The Morgan fingerprint density at radius 3 is 2.26 bits per heavy atom. The molecule has 3 N–H and O–H groups in total. The Hall–Kier alpha value is -1.96. The minimum Gasteiger partial charge on any atom is -0.493 e. The van der Waals surface area contributed by atoms with Crippen molar-refractivity contribution in [3.8, 4) is 11.5 Å². The third-order valence-corrected chi connectivity index (χ3v) is 2.43. The lowest BCUT2D eigenvalue weighted by Crippen LogP contribution is -2.21. The van der Waals surface area contributed by atoms with Crippen molar-refractivity contribution in [2.75, 3.05) is 14.2 Å². The first-order valence-corrected chi connectivity index (χ1v) is 5.03. The van der Waals surface area contributed by atoms with Crippen LogP contribution in [-0.4, -0.2) is 25.3 Å². The molecule has 0 aliphatic carbocycles. The number of hydrogen-bond acceptors (Lipinski definition) is 4. The number of ether oxygens (including phenoxy) is 2. The summed E-state index contributed by atoms with van der Waals surface area (Å²) in [5.41, 5.74) is 3.94. The van der Waals surface area contributed by atoms with E-state index >= 15 is 0 Å². The summed E-state index contributed by atoms with van der Waals surface area (Å²) in [4.78, 5) is 10.7. The van der Waals surface area contributed by atoms with Gasteiger partial charge in [-0.3, -0.25) is 4.79 Å². The van der Waals surface area contributed by atoms with E-state index in [0.29, 0.717) is 6.07 Å². The van der Waals surface area contributed by atoms with Gasteiger partial charge < -0.3 is 20.3 Å². The van der Waals surface area contributed by atoms with Crippen molar-refractivity contribution < 1.29 is 32.5 Å². The van der Waals surface area contributed by atoms with E-state index in [4.69, 9.17) is 15.6 Å². The fraction of sp³-hybridized carbons (Fsp3) is 0.364. The zero-order valence-corrected chi connectivity index (χ0v) is 10.1. The van der Waals surface area contributed by atoms with Gasteiger partial charge in [-0.05, 0) is 17.7 Å². The number of halogens is 3. The maximum Gasteiger partial charge on any atom is 0.420 e. The standard InChI is InChI=1S/C11H12F3NO4/c1-18-7-4-5(8(15)10(16)17)3-6(9(7)19-2)11(12,13)14/h3-4,8H,15H2,1-2H3,(H,16,17). The molecule has 0 radical (unpaired) electrons. The molecule has 0 saturated carbocycles. The SMILES string of the molecule is COc1cc(C(N)C(=O)O)cc(C(F)(F)F)c1OC. The van der Waals surface area contributed by atoms with Gasteiger partial charge in [0, 0.05) is 0 Å². The van der Waals surface area contributed by atoms with Crippen molar-refractivity contribution in [1.82, 2.24) is 0 Å². The molecule has 106 valence electrons. The molecule has 19 heavy (non-hydrogen) atoms. The van der Waals surface area contributed by atoms with Crippen LogP contribution in [0.5, 0.6) is 11.5 Å². The summed E-state index contributed by atoms with van der Waals surface area (Å²) in [5, 5.41) is 8.74. The van der Waals surface area contributed by atoms with Crippen LogP contribution in [0.1, 0.15) is 17.2 Å². The molecule has 0 bridgehead atoms. The van der Waals surface area contributed by atoms with Crippen molar-refractivity contribution in [3.63, 3.8) is 0 Å². The maximum absolute atomic E-state index is 12.9. The molecule has 1 aromatic rings. The first-order chi connectivity index (χ1) is 8.72. The van der Waals surface area contributed by atoms with Gasteiger partial charge in [-0.2, -0.15) is 13.2 Å². The monoisotopic (exact) mass is 279 g/mol. The number of hydrogen-bond donors (Lipinski definition) is 2. The smallest absolute Gasteiger partial charge is 0.420 e. The third kappa shape index (κ3) is 3.08. The maximum atomic E-state index is 12.9. The molecule has 8 heteroatoms. The van der Waals surface area contributed by atoms with Gasteiger partial charge in [0.05, 0.1) is 14.2 Å². The molecule has 0 aliphatic rings. The van der Waals surface area contributed by atoms with Crippen molar-refractivity contribution in [1.29, 1.82) is 0 Å². The van der Waals surface area contributed by atoms with Crippen LogP contribution in [0.25, 0.3) is 0 Å². The molecule has 0 spiro atoms. The van der Waals surface area contributed by atoms with Crippen molar-refractivity contribution in [2.45, 2.75) is 12.2 Å². The number of carbonyl (C=O) groups is 1. The molecule has 1 unspecified atom stereocenters. The van der Waals surface area contributed by atoms with E-state index in [1.165, 1.54) is 0 Å². The number of carboxylic acid groups (broad SMARTS) is 1. The number of methoxy groups -OCH3 is 2. The van der Waals surface area contributed by atoms with Crippen LogP contribution < -0.4 is 15.2 Å². The van der Waals surface area contributed by atoms with E-state index in [0.717, 1.165) is 20.3 Å². The second-order valence-corrected chi connectivity index (χ2v) is 3.62. The molecular weight excluding hydrogens is 267 g/mol. The molecule has 0 amide bonds.